The molecule has 0 aromatic heterocycles. The molecule has 3 rings (SSSR count). The first kappa shape index (κ1) is 6.09. The van der Waals surface area contributed by atoms with Crippen molar-refractivity contribution in [3.8, 4) is 0 Å². The second kappa shape index (κ2) is 1.37. The molecule has 7 nitrogen and oxygen atoms in total. The lowest BCUT2D eigenvalue weighted by Crippen LogP contribution is -2.69. The summed E-state index contributed by atoms with van der Waals surface area (Å²) in [6.45, 7) is 0. The fourth-order valence-electron chi connectivity index (χ4n) is 1.35. The van der Waals surface area contributed by atoms with Crippen molar-refractivity contribution >= 4 is 18.3 Å². The monoisotopic (exact) mass is 172 g/mol. The van der Waals surface area contributed by atoms with Crippen molar-refractivity contribution in [1.29, 1.82) is 0 Å². The van der Waals surface area contributed by atoms with E-state index < -0.39 is 35.3 Å². The van der Waals surface area contributed by atoms with Crippen molar-refractivity contribution in [1.82, 2.24) is 0 Å². The van der Waals surface area contributed by atoms with Crippen LogP contribution in [0.15, 0.2) is 0 Å². The smallest absolute Gasteiger partial charge is 0.379 e. The van der Waals surface area contributed by atoms with Gasteiger partial charge >= 0.3 is 18.3 Å². The zero-order valence-electron chi connectivity index (χ0n) is 5.55. The number of fused-ring (bicyclic) bond motifs is 2. The van der Waals surface area contributed by atoms with Crippen LogP contribution < -0.4 is 0 Å². The fourth-order valence-corrected chi connectivity index (χ4v) is 1.35. The van der Waals surface area contributed by atoms with Gasteiger partial charge in [-0.15, -0.1) is 0 Å². The number of hydrogen-bond acceptors (Lipinski definition) is 6. The SMILES string of the molecule is O=C1OC(=O)[N+]12C(=O)OC1OC12. The average molecular weight is 172 g/mol. The molecule has 0 aromatic rings. The van der Waals surface area contributed by atoms with Gasteiger partial charge in [0.1, 0.15) is 0 Å². The lowest BCUT2D eigenvalue weighted by Gasteiger charge is -2.26. The number of hydrogen-bond donors (Lipinski definition) is 0. The Morgan fingerprint density at radius 3 is 2.08 bits per heavy atom. The molecule has 12 heavy (non-hydrogen) atoms. The van der Waals surface area contributed by atoms with E-state index in [1.165, 1.54) is 0 Å². The number of nitrogens with zero attached hydrogens (tertiary/aromatic N) is 1. The Kier molecular flexibility index (Phi) is 0.693. The first-order valence-electron chi connectivity index (χ1n) is 3.19. The van der Waals surface area contributed by atoms with Gasteiger partial charge in [0.15, 0.2) is 0 Å². The van der Waals surface area contributed by atoms with E-state index in [4.69, 9.17) is 4.74 Å². The molecule has 0 bridgehead atoms. The molecular formula is C5H2NO6+. The van der Waals surface area contributed by atoms with Gasteiger partial charge in [-0.2, -0.15) is 14.4 Å². The molecule has 3 amide bonds. The molecule has 3 aliphatic rings. The summed E-state index contributed by atoms with van der Waals surface area (Å²) in [5.74, 6) is 0. The Morgan fingerprint density at radius 2 is 1.75 bits per heavy atom. The highest BCUT2D eigenvalue weighted by Gasteiger charge is 2.86. The summed E-state index contributed by atoms with van der Waals surface area (Å²) in [5, 5.41) is 0. The molecule has 3 fully saturated rings. The van der Waals surface area contributed by atoms with Crippen LogP contribution in [0.4, 0.5) is 14.4 Å². The maximum absolute atomic E-state index is 11.0. The lowest BCUT2D eigenvalue weighted by molar-refractivity contribution is -0.758. The summed E-state index contributed by atoms with van der Waals surface area (Å²) in [6.07, 6.45) is -4.29. The van der Waals surface area contributed by atoms with E-state index in [1.807, 2.05) is 0 Å². The van der Waals surface area contributed by atoms with E-state index >= 15 is 0 Å². The standard InChI is InChI=1S/C5H2NO6/c7-3-6(1-2(10-1)11-3)4(8)12-5(6)9/h1-2H/q+1. The van der Waals surface area contributed by atoms with Crippen LogP contribution in [0, 0.1) is 0 Å². The van der Waals surface area contributed by atoms with Crippen LogP contribution in [-0.4, -0.2) is 35.3 Å². The molecule has 1 spiro atoms. The molecular weight excluding hydrogens is 170 g/mol. The van der Waals surface area contributed by atoms with Gasteiger partial charge in [0.25, 0.3) is 12.5 Å². The normalized spacial score (nSPS) is 40.2. The summed E-state index contributed by atoms with van der Waals surface area (Å²) in [5.41, 5.74) is 0. The minimum atomic E-state index is -1.06. The third-order valence-electron chi connectivity index (χ3n) is 2.07. The van der Waals surface area contributed by atoms with E-state index in [1.54, 1.807) is 0 Å². The molecule has 3 saturated heterocycles. The van der Waals surface area contributed by atoms with Crippen LogP contribution in [0.1, 0.15) is 0 Å². The van der Waals surface area contributed by atoms with Crippen molar-refractivity contribution < 1.29 is 33.1 Å². The summed E-state index contributed by atoms with van der Waals surface area (Å²) >= 11 is 0. The second-order valence-corrected chi connectivity index (χ2v) is 2.64. The summed E-state index contributed by atoms with van der Waals surface area (Å²) in [4.78, 5) is 32.7. The summed E-state index contributed by atoms with van der Waals surface area (Å²) in [7, 11) is 0. The Labute approximate surface area is 65.0 Å². The predicted molar refractivity (Wildman–Crippen MR) is 27.3 cm³/mol. The molecule has 7 heteroatoms. The van der Waals surface area contributed by atoms with Gasteiger partial charge in [-0.1, -0.05) is 0 Å². The van der Waals surface area contributed by atoms with Gasteiger partial charge in [0.05, 0.1) is 0 Å². The minimum Gasteiger partial charge on any atom is -0.379 e. The van der Waals surface area contributed by atoms with Gasteiger partial charge < -0.3 is 4.74 Å². The first-order chi connectivity index (χ1) is 5.67. The van der Waals surface area contributed by atoms with Crippen LogP contribution in [-0.2, 0) is 14.2 Å². The zero-order valence-corrected chi connectivity index (χ0v) is 5.55. The molecule has 3 heterocycles. The molecule has 0 radical (unpaired) electrons. The van der Waals surface area contributed by atoms with E-state index in [0.29, 0.717) is 0 Å². The Hall–Kier alpha value is -1.47. The van der Waals surface area contributed by atoms with Gasteiger partial charge in [0.2, 0.25) is 0 Å². The number of imide groups is 3. The highest BCUT2D eigenvalue weighted by Crippen LogP contribution is 2.46. The molecule has 0 aliphatic carbocycles. The van der Waals surface area contributed by atoms with Crippen molar-refractivity contribution in [2.24, 2.45) is 0 Å². The highest BCUT2D eigenvalue weighted by molar-refractivity contribution is 6.02. The number of quaternary nitrogens is 1. The van der Waals surface area contributed by atoms with Crippen molar-refractivity contribution in [3.05, 3.63) is 0 Å². The van der Waals surface area contributed by atoms with Gasteiger partial charge in [-0.25, -0.2) is 0 Å². The summed E-state index contributed by atoms with van der Waals surface area (Å²) < 4.78 is 12.2. The number of carbonyl (C=O) groups excluding carboxylic acids is 3. The van der Waals surface area contributed by atoms with Gasteiger partial charge in [0, 0.05) is 4.48 Å². The van der Waals surface area contributed by atoms with Crippen molar-refractivity contribution in [3.63, 3.8) is 0 Å². The summed E-state index contributed by atoms with van der Waals surface area (Å²) in [6, 6.07) is 0. The maximum atomic E-state index is 11.0. The predicted octanol–water partition coefficient (Wildman–Crippen LogP) is -0.0940. The van der Waals surface area contributed by atoms with Crippen LogP contribution in [0.2, 0.25) is 0 Å². The zero-order chi connectivity index (χ0) is 8.51. The van der Waals surface area contributed by atoms with Crippen LogP contribution in [0.3, 0.4) is 0 Å². The van der Waals surface area contributed by atoms with Gasteiger partial charge in [-0.05, 0) is 0 Å². The number of epoxide rings is 1. The Bertz CT molecular complexity index is 321. The third kappa shape index (κ3) is 0.362. The van der Waals surface area contributed by atoms with E-state index in [9.17, 15) is 14.4 Å². The number of cyclic esters (lactones) is 2. The molecule has 3 aliphatic heterocycles. The van der Waals surface area contributed by atoms with E-state index in [2.05, 4.69) is 9.47 Å². The fraction of sp³-hybridized carbons (Fsp3) is 0.400. The molecule has 2 atom stereocenters. The van der Waals surface area contributed by atoms with E-state index in [0.717, 1.165) is 0 Å². The molecule has 62 valence electrons. The van der Waals surface area contributed by atoms with Crippen LogP contribution in [0.25, 0.3) is 0 Å². The largest absolute Gasteiger partial charge is 0.552 e. The molecule has 0 saturated carbocycles. The highest BCUT2D eigenvalue weighted by atomic mass is 16.9. The second-order valence-electron chi connectivity index (χ2n) is 2.64. The Balaban J connectivity index is 2.13. The van der Waals surface area contributed by atoms with Crippen molar-refractivity contribution in [2.45, 2.75) is 12.5 Å². The average Bonchev–Trinajstić information content (AvgIpc) is 2.63. The Morgan fingerprint density at radius 1 is 1.08 bits per heavy atom. The van der Waals surface area contributed by atoms with Crippen LogP contribution in [0.5, 0.6) is 0 Å². The molecule has 0 aromatic carbocycles. The minimum absolute atomic E-state index is 0.741. The number of rotatable bonds is 0. The lowest BCUT2D eigenvalue weighted by atomic mass is 10.4. The number of ether oxygens (including phenoxy) is 3. The van der Waals surface area contributed by atoms with Gasteiger partial charge in [-0.3, -0.25) is 9.47 Å². The number of amides is 3. The van der Waals surface area contributed by atoms with E-state index in [-0.39, 0.29) is 0 Å². The first-order valence-corrected chi connectivity index (χ1v) is 3.19. The third-order valence-corrected chi connectivity index (χ3v) is 2.07. The van der Waals surface area contributed by atoms with Crippen LogP contribution >= 0.6 is 0 Å². The maximum Gasteiger partial charge on any atom is 0.552 e. The van der Waals surface area contributed by atoms with Crippen molar-refractivity contribution in [2.75, 3.05) is 0 Å². The molecule has 0 N–H and O–H groups in total. The molecule has 2 unspecified atom stereocenters. The number of carbonyl (C=O) groups is 3. The topological polar surface area (TPSA) is 82.2 Å². The quantitative estimate of drug-likeness (QED) is 0.288.